The quantitative estimate of drug-likeness (QED) is 0.677. The van der Waals surface area contributed by atoms with Crippen LogP contribution < -0.4 is 0 Å². The van der Waals surface area contributed by atoms with Crippen LogP contribution >= 0.6 is 11.6 Å². The molecule has 0 radical (unpaired) electrons. The minimum absolute atomic E-state index is 0.721. The lowest BCUT2D eigenvalue weighted by Crippen LogP contribution is -1.81. The summed E-state index contributed by atoms with van der Waals surface area (Å²) < 4.78 is 0. The summed E-state index contributed by atoms with van der Waals surface area (Å²) in [4.78, 5) is 4.37. The number of aliphatic imine (C=N–C) groups is 1. The molecule has 0 aromatic heterocycles. The van der Waals surface area contributed by atoms with Crippen molar-refractivity contribution in [3.63, 3.8) is 0 Å². The molecule has 2 rings (SSSR count). The molecule has 0 heterocycles. The highest BCUT2D eigenvalue weighted by molar-refractivity contribution is 6.33. The second kappa shape index (κ2) is 4.95. The van der Waals surface area contributed by atoms with Crippen molar-refractivity contribution in [2.75, 3.05) is 0 Å². The van der Waals surface area contributed by atoms with E-state index >= 15 is 0 Å². The predicted octanol–water partition coefficient (Wildman–Crippen LogP) is 4.40. The van der Waals surface area contributed by atoms with Gasteiger partial charge in [0.2, 0.25) is 0 Å². The van der Waals surface area contributed by atoms with Crippen molar-refractivity contribution in [2.45, 2.75) is 6.92 Å². The average Bonchev–Trinajstić information content (AvgIpc) is 2.30. The first-order chi connectivity index (χ1) is 7.75. The standard InChI is InChI=1S/C14H12ClN/c1-11-6-8-13(9-7-11)16-10-12-4-2-3-5-14(12)15/h2-10H,1H3. The maximum atomic E-state index is 6.02. The van der Waals surface area contributed by atoms with Gasteiger partial charge in [0.15, 0.2) is 0 Å². The first kappa shape index (κ1) is 10.9. The van der Waals surface area contributed by atoms with E-state index in [9.17, 15) is 0 Å². The molecule has 0 amide bonds. The van der Waals surface area contributed by atoms with Crippen LogP contribution in [0.15, 0.2) is 53.5 Å². The Hall–Kier alpha value is -1.60. The fourth-order valence-electron chi connectivity index (χ4n) is 1.35. The van der Waals surface area contributed by atoms with E-state index in [4.69, 9.17) is 11.6 Å². The van der Waals surface area contributed by atoms with E-state index in [1.165, 1.54) is 5.56 Å². The summed E-state index contributed by atoms with van der Waals surface area (Å²) >= 11 is 6.02. The number of rotatable bonds is 2. The van der Waals surface area contributed by atoms with Crippen LogP contribution in [0.25, 0.3) is 0 Å². The molecule has 0 unspecified atom stereocenters. The number of nitrogens with zero attached hydrogens (tertiary/aromatic N) is 1. The topological polar surface area (TPSA) is 12.4 Å². The van der Waals surface area contributed by atoms with Crippen LogP contribution in [0.1, 0.15) is 11.1 Å². The summed E-state index contributed by atoms with van der Waals surface area (Å²) in [6.07, 6.45) is 1.78. The van der Waals surface area contributed by atoms with Gasteiger partial charge >= 0.3 is 0 Å². The summed E-state index contributed by atoms with van der Waals surface area (Å²) in [6, 6.07) is 15.7. The van der Waals surface area contributed by atoms with Gasteiger partial charge in [0.1, 0.15) is 0 Å². The van der Waals surface area contributed by atoms with Gasteiger partial charge < -0.3 is 0 Å². The molecule has 2 heteroatoms. The molecule has 16 heavy (non-hydrogen) atoms. The van der Waals surface area contributed by atoms with Crippen LogP contribution in [0.4, 0.5) is 5.69 Å². The second-order valence-corrected chi connectivity index (χ2v) is 4.02. The van der Waals surface area contributed by atoms with Crippen molar-refractivity contribution in [1.82, 2.24) is 0 Å². The Morgan fingerprint density at radius 1 is 1.00 bits per heavy atom. The van der Waals surface area contributed by atoms with Gasteiger partial charge in [-0.2, -0.15) is 0 Å². The third-order valence-electron chi connectivity index (χ3n) is 2.29. The van der Waals surface area contributed by atoms with Crippen LogP contribution in [-0.4, -0.2) is 6.21 Å². The zero-order chi connectivity index (χ0) is 11.4. The predicted molar refractivity (Wildman–Crippen MR) is 69.9 cm³/mol. The largest absolute Gasteiger partial charge is 0.256 e. The first-order valence-corrected chi connectivity index (χ1v) is 5.49. The lowest BCUT2D eigenvalue weighted by molar-refractivity contribution is 1.44. The van der Waals surface area contributed by atoms with Crippen LogP contribution in [0.5, 0.6) is 0 Å². The Morgan fingerprint density at radius 3 is 2.38 bits per heavy atom. The van der Waals surface area contributed by atoms with Crippen LogP contribution in [0, 0.1) is 6.92 Å². The van der Waals surface area contributed by atoms with Crippen molar-refractivity contribution in [1.29, 1.82) is 0 Å². The molecule has 2 aromatic rings. The van der Waals surface area contributed by atoms with E-state index in [2.05, 4.69) is 11.9 Å². The summed E-state index contributed by atoms with van der Waals surface area (Å²) in [6.45, 7) is 2.06. The van der Waals surface area contributed by atoms with Gasteiger partial charge in [0.05, 0.1) is 5.69 Å². The number of aryl methyl sites for hydroxylation is 1. The molecule has 0 aliphatic heterocycles. The number of benzene rings is 2. The fourth-order valence-corrected chi connectivity index (χ4v) is 1.54. The average molecular weight is 230 g/mol. The molecule has 80 valence electrons. The summed E-state index contributed by atoms with van der Waals surface area (Å²) in [5.41, 5.74) is 3.10. The first-order valence-electron chi connectivity index (χ1n) is 5.11. The summed E-state index contributed by atoms with van der Waals surface area (Å²) in [7, 11) is 0. The molecule has 0 saturated carbocycles. The van der Waals surface area contributed by atoms with E-state index in [0.29, 0.717) is 0 Å². The highest BCUT2D eigenvalue weighted by atomic mass is 35.5. The van der Waals surface area contributed by atoms with Crippen LogP contribution in [-0.2, 0) is 0 Å². The lowest BCUT2D eigenvalue weighted by atomic mass is 10.2. The number of hydrogen-bond donors (Lipinski definition) is 0. The molecule has 0 N–H and O–H groups in total. The Morgan fingerprint density at radius 2 is 1.69 bits per heavy atom. The molecule has 0 bridgehead atoms. The highest BCUT2D eigenvalue weighted by Crippen LogP contribution is 2.16. The van der Waals surface area contributed by atoms with Gasteiger partial charge in [-0.1, -0.05) is 47.5 Å². The van der Waals surface area contributed by atoms with Crippen molar-refractivity contribution < 1.29 is 0 Å². The van der Waals surface area contributed by atoms with E-state index in [1.807, 2.05) is 48.5 Å². The van der Waals surface area contributed by atoms with E-state index in [1.54, 1.807) is 6.21 Å². The van der Waals surface area contributed by atoms with Gasteiger partial charge in [-0.25, -0.2) is 0 Å². The fraction of sp³-hybridized carbons (Fsp3) is 0.0714. The number of halogens is 1. The maximum Gasteiger partial charge on any atom is 0.0630 e. The van der Waals surface area contributed by atoms with Crippen LogP contribution in [0.3, 0.4) is 0 Å². The Kier molecular flexibility index (Phi) is 3.37. The summed E-state index contributed by atoms with van der Waals surface area (Å²) in [5.74, 6) is 0. The maximum absolute atomic E-state index is 6.02. The second-order valence-electron chi connectivity index (χ2n) is 3.62. The van der Waals surface area contributed by atoms with Gasteiger partial charge in [0.25, 0.3) is 0 Å². The van der Waals surface area contributed by atoms with Gasteiger partial charge in [0, 0.05) is 16.8 Å². The Labute approximate surface area is 100 Å². The third-order valence-corrected chi connectivity index (χ3v) is 2.64. The van der Waals surface area contributed by atoms with Gasteiger partial charge in [-0.3, -0.25) is 4.99 Å². The van der Waals surface area contributed by atoms with E-state index in [0.717, 1.165) is 16.3 Å². The molecule has 0 fully saturated rings. The summed E-state index contributed by atoms with van der Waals surface area (Å²) in [5, 5.41) is 0.721. The third kappa shape index (κ3) is 2.71. The SMILES string of the molecule is Cc1ccc(N=Cc2ccccc2Cl)cc1. The van der Waals surface area contributed by atoms with E-state index in [-0.39, 0.29) is 0 Å². The zero-order valence-corrected chi connectivity index (χ0v) is 9.78. The van der Waals surface area contributed by atoms with Crippen LogP contribution in [0.2, 0.25) is 5.02 Å². The Bertz CT molecular complexity index is 500. The molecule has 2 aromatic carbocycles. The molecule has 0 saturated heterocycles. The van der Waals surface area contributed by atoms with Crippen molar-refractivity contribution in [3.05, 3.63) is 64.7 Å². The van der Waals surface area contributed by atoms with Crippen molar-refractivity contribution in [2.24, 2.45) is 4.99 Å². The lowest BCUT2D eigenvalue weighted by Gasteiger charge is -1.97. The van der Waals surface area contributed by atoms with Crippen molar-refractivity contribution in [3.8, 4) is 0 Å². The normalized spacial score (nSPS) is 10.9. The number of hydrogen-bond acceptors (Lipinski definition) is 1. The monoisotopic (exact) mass is 229 g/mol. The van der Waals surface area contributed by atoms with Crippen molar-refractivity contribution >= 4 is 23.5 Å². The molecular formula is C14H12ClN. The minimum Gasteiger partial charge on any atom is -0.256 e. The van der Waals surface area contributed by atoms with Gasteiger partial charge in [-0.15, -0.1) is 0 Å². The molecule has 0 aliphatic rings. The smallest absolute Gasteiger partial charge is 0.0630 e. The van der Waals surface area contributed by atoms with E-state index < -0.39 is 0 Å². The molecule has 0 atom stereocenters. The zero-order valence-electron chi connectivity index (χ0n) is 9.02. The molecule has 0 spiro atoms. The molecule has 1 nitrogen and oxygen atoms in total. The highest BCUT2D eigenvalue weighted by Gasteiger charge is 1.94. The van der Waals surface area contributed by atoms with Gasteiger partial charge in [-0.05, 0) is 25.1 Å². The minimum atomic E-state index is 0.721. The molecule has 0 aliphatic carbocycles. The molecular weight excluding hydrogens is 218 g/mol. The Balaban J connectivity index is 2.21.